The van der Waals surface area contributed by atoms with Crippen LogP contribution in [0.4, 0.5) is 4.39 Å². The van der Waals surface area contributed by atoms with E-state index in [4.69, 9.17) is 5.73 Å². The van der Waals surface area contributed by atoms with Gasteiger partial charge in [-0.15, -0.1) is 0 Å². The molecule has 1 aliphatic rings. The van der Waals surface area contributed by atoms with Gasteiger partial charge in [0.05, 0.1) is 4.90 Å². The molecule has 1 saturated heterocycles. The van der Waals surface area contributed by atoms with Gasteiger partial charge in [-0.05, 0) is 44.1 Å². The lowest BCUT2D eigenvalue weighted by Crippen LogP contribution is -2.47. The minimum atomic E-state index is -3.64. The lowest BCUT2D eigenvalue weighted by atomic mass is 10.1. The van der Waals surface area contributed by atoms with E-state index in [1.165, 1.54) is 12.1 Å². The van der Waals surface area contributed by atoms with Crippen molar-refractivity contribution in [2.75, 3.05) is 19.6 Å². The molecular weight excluding hydrogens is 293 g/mol. The summed E-state index contributed by atoms with van der Waals surface area (Å²) in [5.74, 6) is -0.480. The van der Waals surface area contributed by atoms with Gasteiger partial charge >= 0.3 is 0 Å². The van der Waals surface area contributed by atoms with Crippen LogP contribution < -0.4 is 10.5 Å². The van der Waals surface area contributed by atoms with Gasteiger partial charge in [0.25, 0.3) is 0 Å². The number of benzene rings is 1. The van der Waals surface area contributed by atoms with Crippen LogP contribution in [0.5, 0.6) is 0 Å². The van der Waals surface area contributed by atoms with Gasteiger partial charge in [0.1, 0.15) is 5.82 Å². The number of likely N-dealkylation sites (N-methyl/N-ethyl adjacent to an activating group) is 1. The number of nitrogens with two attached hydrogens (primary N) is 1. The van der Waals surface area contributed by atoms with Crippen molar-refractivity contribution >= 4 is 10.0 Å². The van der Waals surface area contributed by atoms with Crippen LogP contribution in [0.15, 0.2) is 23.1 Å². The van der Waals surface area contributed by atoms with E-state index in [0.717, 1.165) is 32.0 Å². The molecule has 0 radical (unpaired) electrons. The molecule has 1 aromatic carbocycles. The van der Waals surface area contributed by atoms with E-state index < -0.39 is 15.8 Å². The highest BCUT2D eigenvalue weighted by atomic mass is 32.2. The molecule has 0 bridgehead atoms. The van der Waals surface area contributed by atoms with Gasteiger partial charge in [-0.3, -0.25) is 0 Å². The van der Waals surface area contributed by atoms with Gasteiger partial charge in [-0.1, -0.05) is 6.92 Å². The molecule has 0 spiro atoms. The molecule has 1 aromatic rings. The van der Waals surface area contributed by atoms with Crippen molar-refractivity contribution in [3.05, 3.63) is 29.6 Å². The Hall–Kier alpha value is -1.02. The second kappa shape index (κ2) is 6.83. The van der Waals surface area contributed by atoms with E-state index in [2.05, 4.69) is 16.5 Å². The van der Waals surface area contributed by atoms with E-state index >= 15 is 0 Å². The Morgan fingerprint density at radius 1 is 1.48 bits per heavy atom. The molecule has 0 aromatic heterocycles. The minimum absolute atomic E-state index is 0.0256. The van der Waals surface area contributed by atoms with Gasteiger partial charge in [0.15, 0.2) is 0 Å². The van der Waals surface area contributed by atoms with Crippen molar-refractivity contribution in [3.63, 3.8) is 0 Å². The number of halogens is 1. The van der Waals surface area contributed by atoms with Gasteiger partial charge in [-0.25, -0.2) is 17.5 Å². The van der Waals surface area contributed by atoms with Crippen LogP contribution in [0.2, 0.25) is 0 Å². The average molecular weight is 315 g/mol. The Bertz CT molecular complexity index is 592. The topological polar surface area (TPSA) is 75.4 Å². The van der Waals surface area contributed by atoms with E-state index in [1.807, 2.05) is 0 Å². The summed E-state index contributed by atoms with van der Waals surface area (Å²) >= 11 is 0. The van der Waals surface area contributed by atoms with Crippen LogP contribution in [0.3, 0.4) is 0 Å². The van der Waals surface area contributed by atoms with Gasteiger partial charge < -0.3 is 10.6 Å². The van der Waals surface area contributed by atoms with Gasteiger partial charge in [-0.2, -0.15) is 0 Å². The molecule has 1 aliphatic heterocycles. The quantitative estimate of drug-likeness (QED) is 0.851. The maximum Gasteiger partial charge on any atom is 0.240 e. The Morgan fingerprint density at radius 3 is 2.90 bits per heavy atom. The fourth-order valence-electron chi connectivity index (χ4n) is 2.60. The summed E-state index contributed by atoms with van der Waals surface area (Å²) in [5, 5.41) is 0. The number of nitrogens with one attached hydrogen (secondary N) is 1. The molecule has 0 saturated carbocycles. The Morgan fingerprint density at radius 2 is 2.24 bits per heavy atom. The number of piperidine rings is 1. The van der Waals surface area contributed by atoms with E-state index in [0.29, 0.717) is 6.54 Å². The zero-order valence-electron chi connectivity index (χ0n) is 12.2. The zero-order valence-corrected chi connectivity index (χ0v) is 13.0. The molecule has 3 N–H and O–H groups in total. The molecule has 2 rings (SSSR count). The summed E-state index contributed by atoms with van der Waals surface area (Å²) in [7, 11) is -3.64. The summed E-state index contributed by atoms with van der Waals surface area (Å²) in [6.07, 6.45) is 1.79. The molecule has 1 heterocycles. The van der Waals surface area contributed by atoms with Gasteiger partial charge in [0, 0.05) is 24.7 Å². The van der Waals surface area contributed by atoms with E-state index in [9.17, 15) is 12.8 Å². The largest absolute Gasteiger partial charge is 0.326 e. The first-order chi connectivity index (χ1) is 9.96. The molecular formula is C14H22FN3O2S. The number of nitrogens with zero attached hydrogens (tertiary/aromatic N) is 1. The van der Waals surface area contributed by atoms with Crippen molar-refractivity contribution < 1.29 is 12.8 Å². The van der Waals surface area contributed by atoms with Crippen molar-refractivity contribution in [1.82, 2.24) is 9.62 Å². The number of hydrogen-bond donors (Lipinski definition) is 2. The molecule has 118 valence electrons. The van der Waals surface area contributed by atoms with Crippen molar-refractivity contribution in [2.24, 2.45) is 5.73 Å². The average Bonchev–Trinajstić information content (AvgIpc) is 2.47. The molecule has 1 atom stereocenters. The zero-order chi connectivity index (χ0) is 15.5. The summed E-state index contributed by atoms with van der Waals surface area (Å²) in [6, 6.07) is 3.63. The molecule has 1 fully saturated rings. The van der Waals surface area contributed by atoms with Crippen molar-refractivity contribution in [3.8, 4) is 0 Å². The smallest absolute Gasteiger partial charge is 0.240 e. The van der Waals surface area contributed by atoms with E-state index in [-0.39, 0.29) is 23.0 Å². The first kappa shape index (κ1) is 16.4. The van der Waals surface area contributed by atoms with Gasteiger partial charge in [0.2, 0.25) is 10.0 Å². The molecule has 5 nitrogen and oxygen atoms in total. The monoisotopic (exact) mass is 315 g/mol. The summed E-state index contributed by atoms with van der Waals surface area (Å²) in [5.41, 5.74) is 5.63. The molecule has 0 amide bonds. The number of rotatable bonds is 5. The van der Waals surface area contributed by atoms with Crippen LogP contribution in [-0.2, 0) is 16.6 Å². The molecule has 7 heteroatoms. The Kier molecular flexibility index (Phi) is 5.32. The lowest BCUT2D eigenvalue weighted by Gasteiger charge is -2.32. The van der Waals surface area contributed by atoms with E-state index in [1.54, 1.807) is 0 Å². The summed E-state index contributed by atoms with van der Waals surface area (Å²) < 4.78 is 40.9. The molecule has 1 unspecified atom stereocenters. The van der Waals surface area contributed by atoms with Crippen LogP contribution >= 0.6 is 0 Å². The maximum absolute atomic E-state index is 13.4. The highest BCUT2D eigenvalue weighted by Crippen LogP contribution is 2.17. The SMILES string of the molecule is CCN1CCCC(NS(=O)(=O)c2ccc(F)c(CN)c2)C1. The number of hydrogen-bond acceptors (Lipinski definition) is 4. The van der Waals surface area contributed by atoms with Crippen LogP contribution in [0.1, 0.15) is 25.3 Å². The third-order valence-corrected chi connectivity index (χ3v) is 5.34. The number of sulfonamides is 1. The fourth-order valence-corrected chi connectivity index (χ4v) is 3.91. The molecule has 0 aliphatic carbocycles. The third-order valence-electron chi connectivity index (χ3n) is 3.82. The highest BCUT2D eigenvalue weighted by Gasteiger charge is 2.25. The minimum Gasteiger partial charge on any atom is -0.326 e. The highest BCUT2D eigenvalue weighted by molar-refractivity contribution is 7.89. The summed E-state index contributed by atoms with van der Waals surface area (Å²) in [6.45, 7) is 4.65. The normalized spacial score (nSPS) is 20.6. The second-order valence-corrected chi connectivity index (χ2v) is 7.02. The predicted octanol–water partition coefficient (Wildman–Crippen LogP) is 1.05. The standard InChI is InChI=1S/C14H22FN3O2S/c1-2-18-7-3-4-12(10-18)17-21(19,20)13-5-6-14(15)11(8-13)9-16/h5-6,8,12,17H,2-4,7,9-10,16H2,1H3. The number of likely N-dealkylation sites (tertiary alicyclic amines) is 1. The Balaban J connectivity index is 2.14. The molecule has 21 heavy (non-hydrogen) atoms. The first-order valence-corrected chi connectivity index (χ1v) is 8.67. The summed E-state index contributed by atoms with van der Waals surface area (Å²) in [4.78, 5) is 2.28. The second-order valence-electron chi connectivity index (χ2n) is 5.31. The third kappa shape index (κ3) is 4.00. The maximum atomic E-state index is 13.4. The van der Waals surface area contributed by atoms with Crippen molar-refractivity contribution in [2.45, 2.75) is 37.2 Å². The lowest BCUT2D eigenvalue weighted by molar-refractivity contribution is 0.211. The van der Waals surface area contributed by atoms with Crippen LogP contribution in [-0.4, -0.2) is 39.0 Å². The van der Waals surface area contributed by atoms with Crippen LogP contribution in [0.25, 0.3) is 0 Å². The first-order valence-electron chi connectivity index (χ1n) is 7.19. The predicted molar refractivity (Wildman–Crippen MR) is 79.7 cm³/mol. The van der Waals surface area contributed by atoms with Crippen molar-refractivity contribution in [1.29, 1.82) is 0 Å². The Labute approximate surface area is 125 Å². The van der Waals surface area contributed by atoms with Crippen LogP contribution in [0, 0.1) is 5.82 Å². The fraction of sp³-hybridized carbons (Fsp3) is 0.571.